The largest absolute Gasteiger partial charge is 0.441 e. The van der Waals surface area contributed by atoms with Crippen molar-refractivity contribution in [1.29, 1.82) is 0 Å². The molecule has 0 bridgehead atoms. The number of nitrogens with zero attached hydrogens (tertiary/aromatic N) is 4. The van der Waals surface area contributed by atoms with Gasteiger partial charge in [-0.1, -0.05) is 0 Å². The van der Waals surface area contributed by atoms with Gasteiger partial charge in [-0.15, -0.1) is 15.0 Å². The van der Waals surface area contributed by atoms with E-state index < -0.39 is 0 Å². The van der Waals surface area contributed by atoms with E-state index in [0.29, 0.717) is 0 Å². The second-order valence-corrected chi connectivity index (χ2v) is 1.53. The first-order chi connectivity index (χ1) is 4.79. The van der Waals surface area contributed by atoms with Crippen LogP contribution in [0.25, 0.3) is 0 Å². The number of hydrogen-bond donors (Lipinski definition) is 0. The molecule has 6 nitrogen and oxygen atoms in total. The zero-order valence-electron chi connectivity index (χ0n) is 5.31. The molecule has 0 aromatic carbocycles. The highest BCUT2D eigenvalue weighted by atomic mass is 16.5. The Hall–Kier alpha value is -1.46. The molecule has 1 rings (SSSR count). The number of tetrazole rings is 1. The average molecular weight is 141 g/mol. The molecule has 6 heteroatoms. The van der Waals surface area contributed by atoms with Crippen molar-refractivity contribution in [2.75, 3.05) is 0 Å². The molecule has 1 aromatic rings. The number of ether oxygens (including phenoxy) is 1. The van der Waals surface area contributed by atoms with E-state index >= 15 is 0 Å². The Morgan fingerprint density at radius 3 is 3.10 bits per heavy atom. The Labute approximate surface area is 56.8 Å². The summed E-state index contributed by atoms with van der Waals surface area (Å²) in [5.74, 6) is -0.377. The Morgan fingerprint density at radius 1 is 1.80 bits per heavy atom. The summed E-state index contributed by atoms with van der Waals surface area (Å²) < 4.78 is 4.53. The van der Waals surface area contributed by atoms with Crippen molar-refractivity contribution in [2.24, 2.45) is 0 Å². The van der Waals surface area contributed by atoms with Crippen LogP contribution in [0.4, 0.5) is 0 Å². The van der Waals surface area contributed by atoms with Crippen molar-refractivity contribution in [2.45, 2.75) is 13.7 Å². The topological polar surface area (TPSA) is 69.9 Å². The summed E-state index contributed by atoms with van der Waals surface area (Å²) in [5, 5.41) is 10.2. The summed E-state index contributed by atoms with van der Waals surface area (Å²) in [6.07, 6.45) is 2.21. The van der Waals surface area contributed by atoms with E-state index in [0.717, 1.165) is 4.80 Å². The lowest BCUT2D eigenvalue weighted by Gasteiger charge is -1.96. The summed E-state index contributed by atoms with van der Waals surface area (Å²) in [5.41, 5.74) is 0. The molecule has 0 amide bonds. The summed E-state index contributed by atoms with van der Waals surface area (Å²) in [4.78, 5) is 11.3. The minimum Gasteiger partial charge on any atom is -0.441 e. The highest BCUT2D eigenvalue weighted by molar-refractivity contribution is 5.65. The monoisotopic (exact) mass is 141 g/mol. The molecule has 0 saturated heterocycles. The molecule has 10 heavy (non-hydrogen) atoms. The summed E-state index contributed by atoms with van der Waals surface area (Å²) in [6.45, 7) is 1.30. The fourth-order valence-electron chi connectivity index (χ4n) is 0.367. The van der Waals surface area contributed by atoms with Gasteiger partial charge in [0.2, 0.25) is 13.1 Å². The molecule has 0 N–H and O–H groups in total. The predicted octanol–water partition coefficient (Wildman–Crippen LogP) is -1.01. The van der Waals surface area contributed by atoms with Crippen molar-refractivity contribution < 1.29 is 9.53 Å². The summed E-state index contributed by atoms with van der Waals surface area (Å²) >= 11 is 0. The number of esters is 1. The predicted molar refractivity (Wildman–Crippen MR) is 28.4 cm³/mol. The Kier molecular flexibility index (Phi) is 1.93. The Bertz CT molecular complexity index is 207. The molecular formula is C4H5N4O2. The standard InChI is InChI=1S/C4H5N4O2/c1-4(9)10-3-8-6-2-5-7-8/h3H2,1H3. The molecule has 53 valence electrons. The van der Waals surface area contributed by atoms with E-state index in [1.54, 1.807) is 0 Å². The summed E-state index contributed by atoms with van der Waals surface area (Å²) in [7, 11) is 0. The number of hydrogen-bond acceptors (Lipinski definition) is 5. The van der Waals surface area contributed by atoms with Crippen molar-refractivity contribution in [3.8, 4) is 0 Å². The number of aromatic nitrogens is 4. The van der Waals surface area contributed by atoms with Crippen LogP contribution in [0.3, 0.4) is 0 Å². The molecule has 1 heterocycles. The Morgan fingerprint density at radius 2 is 2.60 bits per heavy atom. The van der Waals surface area contributed by atoms with E-state index in [-0.39, 0.29) is 12.7 Å². The Balaban J connectivity index is 2.35. The molecule has 0 aliphatic carbocycles. The number of rotatable bonds is 2. The normalized spacial score (nSPS) is 9.30. The van der Waals surface area contributed by atoms with Crippen LogP contribution in [0.15, 0.2) is 0 Å². The fraction of sp³-hybridized carbons (Fsp3) is 0.500. The molecule has 0 spiro atoms. The van der Waals surface area contributed by atoms with Crippen molar-refractivity contribution in [1.82, 2.24) is 20.2 Å². The maximum Gasteiger partial charge on any atom is 0.304 e. The van der Waals surface area contributed by atoms with Gasteiger partial charge in [0, 0.05) is 6.92 Å². The van der Waals surface area contributed by atoms with Crippen LogP contribution in [0.5, 0.6) is 0 Å². The maximum absolute atomic E-state index is 10.2. The van der Waals surface area contributed by atoms with Crippen molar-refractivity contribution >= 4 is 5.97 Å². The van der Waals surface area contributed by atoms with Crippen LogP contribution in [-0.4, -0.2) is 26.2 Å². The number of carbonyl (C=O) groups is 1. The third kappa shape index (κ3) is 1.81. The molecule has 1 aromatic heterocycles. The zero-order chi connectivity index (χ0) is 7.40. The van der Waals surface area contributed by atoms with E-state index in [1.807, 2.05) is 0 Å². The third-order valence-electron chi connectivity index (χ3n) is 0.736. The van der Waals surface area contributed by atoms with Crippen LogP contribution in [0.1, 0.15) is 6.92 Å². The maximum atomic E-state index is 10.2. The zero-order valence-corrected chi connectivity index (χ0v) is 5.31. The van der Waals surface area contributed by atoms with Crippen LogP contribution in [-0.2, 0) is 16.3 Å². The molecular weight excluding hydrogens is 136 g/mol. The highest BCUT2D eigenvalue weighted by Crippen LogP contribution is 1.78. The average Bonchev–Trinajstić information content (AvgIpc) is 2.34. The highest BCUT2D eigenvalue weighted by Gasteiger charge is 1.94. The van der Waals surface area contributed by atoms with Gasteiger partial charge >= 0.3 is 5.97 Å². The molecule has 0 fully saturated rings. The van der Waals surface area contributed by atoms with E-state index in [9.17, 15) is 4.79 Å². The molecule has 0 unspecified atom stereocenters. The fourth-order valence-corrected chi connectivity index (χ4v) is 0.367. The van der Waals surface area contributed by atoms with Crippen LogP contribution >= 0.6 is 0 Å². The van der Waals surface area contributed by atoms with Crippen LogP contribution in [0.2, 0.25) is 0 Å². The van der Waals surface area contributed by atoms with Gasteiger partial charge in [0.15, 0.2) is 0 Å². The second kappa shape index (κ2) is 2.90. The SMILES string of the molecule is CC(=O)OCn1n[c]nn1. The van der Waals surface area contributed by atoms with Gasteiger partial charge < -0.3 is 4.74 Å². The van der Waals surface area contributed by atoms with E-state index in [1.165, 1.54) is 6.92 Å². The second-order valence-electron chi connectivity index (χ2n) is 1.53. The first-order valence-corrected chi connectivity index (χ1v) is 2.56. The minimum absolute atomic E-state index is 0.00810. The van der Waals surface area contributed by atoms with Gasteiger partial charge in [-0.25, -0.2) is 0 Å². The van der Waals surface area contributed by atoms with Gasteiger partial charge in [-0.2, -0.15) is 0 Å². The smallest absolute Gasteiger partial charge is 0.304 e. The van der Waals surface area contributed by atoms with Gasteiger partial charge in [-0.05, 0) is 5.21 Å². The lowest BCUT2D eigenvalue weighted by atomic mass is 10.8. The quantitative estimate of drug-likeness (QED) is 0.494. The molecule has 0 saturated carbocycles. The van der Waals surface area contributed by atoms with E-state index in [2.05, 4.69) is 26.5 Å². The first-order valence-electron chi connectivity index (χ1n) is 2.56. The first kappa shape index (κ1) is 6.66. The van der Waals surface area contributed by atoms with Crippen LogP contribution in [0, 0.1) is 6.33 Å². The molecule has 0 aliphatic heterocycles. The minimum atomic E-state index is -0.377. The molecule has 0 atom stereocenters. The van der Waals surface area contributed by atoms with Crippen molar-refractivity contribution in [3.63, 3.8) is 0 Å². The van der Waals surface area contributed by atoms with Crippen LogP contribution < -0.4 is 0 Å². The lowest BCUT2D eigenvalue weighted by molar-refractivity contribution is -0.145. The van der Waals surface area contributed by atoms with Gasteiger partial charge in [0.05, 0.1) is 0 Å². The van der Waals surface area contributed by atoms with Gasteiger partial charge in [-0.3, -0.25) is 4.79 Å². The molecule has 0 aliphatic rings. The summed E-state index contributed by atoms with van der Waals surface area (Å²) in [6, 6.07) is 0. The van der Waals surface area contributed by atoms with Gasteiger partial charge in [0.25, 0.3) is 0 Å². The van der Waals surface area contributed by atoms with E-state index in [4.69, 9.17) is 0 Å². The van der Waals surface area contributed by atoms with Crippen molar-refractivity contribution in [3.05, 3.63) is 6.33 Å². The molecule has 1 radical (unpaired) electrons. The number of carbonyl (C=O) groups excluding carboxylic acids is 1. The lowest BCUT2D eigenvalue weighted by Crippen LogP contribution is -2.08. The van der Waals surface area contributed by atoms with Gasteiger partial charge in [0.1, 0.15) is 0 Å². The third-order valence-corrected chi connectivity index (χ3v) is 0.736.